The molecular weight excluding hydrogens is 335 g/mol. The van der Waals surface area contributed by atoms with Crippen molar-refractivity contribution in [3.05, 3.63) is 65.5 Å². The van der Waals surface area contributed by atoms with Gasteiger partial charge in [-0.25, -0.2) is 17.9 Å². The molecule has 0 aromatic heterocycles. The number of nitrogens with one attached hydrogen (secondary N) is 1. The summed E-state index contributed by atoms with van der Waals surface area (Å²) in [4.78, 5) is 11.8. The van der Waals surface area contributed by atoms with E-state index in [4.69, 9.17) is 5.14 Å². The number of aliphatic hydroxyl groups excluding tert-OH is 1. The molecular formula is C16H17FN2O4S. The van der Waals surface area contributed by atoms with Crippen molar-refractivity contribution in [2.75, 3.05) is 6.61 Å². The lowest BCUT2D eigenvalue weighted by Crippen LogP contribution is -2.39. The normalized spacial score (nSPS) is 12.6. The minimum atomic E-state index is -4.05. The zero-order chi connectivity index (χ0) is 17.7. The smallest absolute Gasteiger partial charge is 0.254 e. The van der Waals surface area contributed by atoms with Crippen LogP contribution in [0.25, 0.3) is 0 Å². The number of rotatable bonds is 6. The summed E-state index contributed by atoms with van der Waals surface area (Å²) in [6, 6.07) is 11.2. The van der Waals surface area contributed by atoms with E-state index < -0.39 is 33.4 Å². The first-order chi connectivity index (χ1) is 11.3. The largest absolute Gasteiger partial charge is 0.394 e. The summed E-state index contributed by atoms with van der Waals surface area (Å²) in [6.45, 7) is -0.350. The molecule has 24 heavy (non-hydrogen) atoms. The maximum absolute atomic E-state index is 13.8. The summed E-state index contributed by atoms with van der Waals surface area (Å²) >= 11 is 0. The molecule has 8 heteroatoms. The van der Waals surface area contributed by atoms with Crippen LogP contribution in [0.15, 0.2) is 53.4 Å². The van der Waals surface area contributed by atoms with Crippen LogP contribution in [0.4, 0.5) is 4.39 Å². The Morgan fingerprint density at radius 3 is 2.46 bits per heavy atom. The molecule has 0 aliphatic rings. The first-order valence-electron chi connectivity index (χ1n) is 7.09. The summed E-state index contributed by atoms with van der Waals surface area (Å²) in [6.07, 6.45) is 0.347. The van der Waals surface area contributed by atoms with Crippen LogP contribution in [0.3, 0.4) is 0 Å². The van der Waals surface area contributed by atoms with Gasteiger partial charge >= 0.3 is 0 Å². The SMILES string of the molecule is NS(=O)(=O)c1ccc(F)c(C(=O)N[C@H](CO)Cc2ccccc2)c1. The molecule has 0 unspecified atom stereocenters. The van der Waals surface area contributed by atoms with Gasteiger partial charge in [-0.3, -0.25) is 4.79 Å². The zero-order valence-electron chi connectivity index (χ0n) is 12.6. The maximum Gasteiger partial charge on any atom is 0.254 e. The first-order valence-corrected chi connectivity index (χ1v) is 8.64. The Morgan fingerprint density at radius 1 is 1.21 bits per heavy atom. The first kappa shape index (κ1) is 18.1. The number of benzene rings is 2. The molecule has 4 N–H and O–H groups in total. The average Bonchev–Trinajstić information content (AvgIpc) is 2.54. The number of carbonyl (C=O) groups is 1. The van der Waals surface area contributed by atoms with Crippen molar-refractivity contribution in [3.8, 4) is 0 Å². The third-order valence-electron chi connectivity index (χ3n) is 3.39. The van der Waals surface area contributed by atoms with E-state index in [9.17, 15) is 22.7 Å². The van der Waals surface area contributed by atoms with Crippen LogP contribution in [-0.4, -0.2) is 32.1 Å². The van der Waals surface area contributed by atoms with Gasteiger partial charge in [-0.2, -0.15) is 0 Å². The molecule has 2 aromatic rings. The van der Waals surface area contributed by atoms with E-state index in [1.54, 1.807) is 0 Å². The van der Waals surface area contributed by atoms with Crippen molar-refractivity contribution in [2.24, 2.45) is 5.14 Å². The Balaban J connectivity index is 2.19. The van der Waals surface area contributed by atoms with Crippen molar-refractivity contribution in [1.82, 2.24) is 5.32 Å². The molecule has 1 atom stereocenters. The molecule has 6 nitrogen and oxygen atoms in total. The molecule has 0 fully saturated rings. The Labute approximate surface area is 139 Å². The van der Waals surface area contributed by atoms with Crippen molar-refractivity contribution in [3.63, 3.8) is 0 Å². The van der Waals surface area contributed by atoms with Crippen molar-refractivity contribution < 1.29 is 22.7 Å². The van der Waals surface area contributed by atoms with Crippen LogP contribution in [0.2, 0.25) is 0 Å². The summed E-state index contributed by atoms with van der Waals surface area (Å²) < 4.78 is 36.5. The van der Waals surface area contributed by atoms with Gasteiger partial charge in [0.15, 0.2) is 0 Å². The fraction of sp³-hybridized carbons (Fsp3) is 0.188. The van der Waals surface area contributed by atoms with Gasteiger partial charge in [-0.15, -0.1) is 0 Å². The van der Waals surface area contributed by atoms with Gasteiger partial charge in [0.1, 0.15) is 5.82 Å². The van der Waals surface area contributed by atoms with E-state index in [2.05, 4.69) is 5.32 Å². The lowest BCUT2D eigenvalue weighted by atomic mass is 10.1. The van der Waals surface area contributed by atoms with Crippen LogP contribution in [0, 0.1) is 5.82 Å². The fourth-order valence-corrected chi connectivity index (χ4v) is 2.72. The molecule has 0 saturated carbocycles. The van der Waals surface area contributed by atoms with Gasteiger partial charge in [-0.05, 0) is 30.2 Å². The van der Waals surface area contributed by atoms with Crippen LogP contribution >= 0.6 is 0 Å². The number of sulfonamides is 1. The second-order valence-corrected chi connectivity index (χ2v) is 6.79. The van der Waals surface area contributed by atoms with Gasteiger partial charge in [-0.1, -0.05) is 30.3 Å². The number of nitrogens with two attached hydrogens (primary N) is 1. The Kier molecular flexibility index (Phi) is 5.66. The Morgan fingerprint density at radius 2 is 1.88 bits per heavy atom. The lowest BCUT2D eigenvalue weighted by Gasteiger charge is -2.17. The summed E-state index contributed by atoms with van der Waals surface area (Å²) in [7, 11) is -4.05. The van der Waals surface area contributed by atoms with Gasteiger partial charge in [0.05, 0.1) is 23.1 Å². The highest BCUT2D eigenvalue weighted by molar-refractivity contribution is 7.89. The topological polar surface area (TPSA) is 109 Å². The standard InChI is InChI=1S/C16H17FN2O4S/c17-15-7-6-13(24(18,22)23)9-14(15)16(21)19-12(10-20)8-11-4-2-1-3-5-11/h1-7,9,12,20H,8,10H2,(H,19,21)(H2,18,22,23)/t12-/m0/s1. The second-order valence-electron chi connectivity index (χ2n) is 5.23. The molecule has 0 bridgehead atoms. The molecule has 0 aliphatic heterocycles. The van der Waals surface area contributed by atoms with Gasteiger partial charge in [0.25, 0.3) is 5.91 Å². The van der Waals surface area contributed by atoms with Crippen LogP contribution in [-0.2, 0) is 16.4 Å². The van der Waals surface area contributed by atoms with E-state index in [-0.39, 0.29) is 11.5 Å². The third kappa shape index (κ3) is 4.60. The number of carbonyl (C=O) groups excluding carboxylic acids is 1. The Bertz CT molecular complexity index is 825. The summed E-state index contributed by atoms with van der Waals surface area (Å²) in [5.74, 6) is -1.70. The van der Waals surface area contributed by atoms with Gasteiger partial charge < -0.3 is 10.4 Å². The minimum Gasteiger partial charge on any atom is -0.394 e. The molecule has 128 valence electrons. The van der Waals surface area contributed by atoms with Gasteiger partial charge in [0, 0.05) is 0 Å². The van der Waals surface area contributed by atoms with E-state index in [1.165, 1.54) is 0 Å². The molecule has 0 saturated heterocycles. The number of primary sulfonamides is 1. The number of aliphatic hydroxyl groups is 1. The summed E-state index contributed by atoms with van der Waals surface area (Å²) in [5, 5.41) is 16.9. The number of halogens is 1. The number of hydrogen-bond donors (Lipinski definition) is 3. The van der Waals surface area contributed by atoms with E-state index in [0.29, 0.717) is 6.42 Å². The quantitative estimate of drug-likeness (QED) is 0.714. The van der Waals surface area contributed by atoms with Gasteiger partial charge in [0.2, 0.25) is 10.0 Å². The molecule has 0 radical (unpaired) electrons. The molecule has 1 amide bonds. The predicted molar refractivity (Wildman–Crippen MR) is 86.3 cm³/mol. The van der Waals surface area contributed by atoms with Crippen LogP contribution < -0.4 is 10.5 Å². The molecule has 0 aliphatic carbocycles. The highest BCUT2D eigenvalue weighted by atomic mass is 32.2. The van der Waals surface area contributed by atoms with Crippen LogP contribution in [0.5, 0.6) is 0 Å². The number of hydrogen-bond acceptors (Lipinski definition) is 4. The van der Waals surface area contributed by atoms with Crippen molar-refractivity contribution in [2.45, 2.75) is 17.4 Å². The highest BCUT2D eigenvalue weighted by Gasteiger charge is 2.19. The van der Waals surface area contributed by atoms with E-state index >= 15 is 0 Å². The second kappa shape index (κ2) is 7.52. The monoisotopic (exact) mass is 352 g/mol. The Hall–Kier alpha value is -2.29. The zero-order valence-corrected chi connectivity index (χ0v) is 13.5. The van der Waals surface area contributed by atoms with Crippen molar-refractivity contribution >= 4 is 15.9 Å². The molecule has 0 spiro atoms. The average molecular weight is 352 g/mol. The number of amides is 1. The highest BCUT2D eigenvalue weighted by Crippen LogP contribution is 2.14. The van der Waals surface area contributed by atoms with E-state index in [1.807, 2.05) is 30.3 Å². The molecule has 2 rings (SSSR count). The maximum atomic E-state index is 13.8. The molecule has 2 aromatic carbocycles. The minimum absolute atomic E-state index is 0.347. The van der Waals surface area contributed by atoms with E-state index in [0.717, 1.165) is 23.8 Å². The third-order valence-corrected chi connectivity index (χ3v) is 4.30. The van der Waals surface area contributed by atoms with Crippen molar-refractivity contribution in [1.29, 1.82) is 0 Å². The molecule has 0 heterocycles. The predicted octanol–water partition coefficient (Wildman–Crippen LogP) is 0.806. The fourth-order valence-electron chi connectivity index (χ4n) is 2.18. The lowest BCUT2D eigenvalue weighted by molar-refractivity contribution is 0.0912. The van der Waals surface area contributed by atoms with Crippen LogP contribution in [0.1, 0.15) is 15.9 Å². The summed E-state index contributed by atoms with van der Waals surface area (Å²) in [5.41, 5.74) is 0.434.